The Hall–Kier alpha value is -1.39. The first-order chi connectivity index (χ1) is 8.56. The summed E-state index contributed by atoms with van der Waals surface area (Å²) < 4.78 is 4.88. The number of carbonyl (C=O) groups is 1. The van der Waals surface area contributed by atoms with Crippen molar-refractivity contribution in [3.05, 3.63) is 35.9 Å². The highest BCUT2D eigenvalue weighted by Crippen LogP contribution is 2.18. The summed E-state index contributed by atoms with van der Waals surface area (Å²) >= 11 is 0. The first kappa shape index (κ1) is 14.7. The van der Waals surface area contributed by atoms with E-state index in [0.717, 1.165) is 5.56 Å². The maximum Gasteiger partial charge on any atom is 0.220 e. The highest BCUT2D eigenvalue weighted by atomic mass is 16.5. The molecule has 0 bridgehead atoms. The van der Waals surface area contributed by atoms with Gasteiger partial charge in [0.15, 0.2) is 0 Å². The third-order valence-corrected chi connectivity index (χ3v) is 2.78. The number of hydrogen-bond acceptors (Lipinski definition) is 3. The number of rotatable bonds is 7. The van der Waals surface area contributed by atoms with E-state index in [4.69, 9.17) is 4.74 Å². The Morgan fingerprint density at radius 3 is 2.67 bits per heavy atom. The van der Waals surface area contributed by atoms with Crippen LogP contribution in [0.25, 0.3) is 0 Å². The molecule has 100 valence electrons. The second kappa shape index (κ2) is 7.13. The molecule has 1 amide bonds. The predicted molar refractivity (Wildman–Crippen MR) is 70.1 cm³/mol. The van der Waals surface area contributed by atoms with E-state index >= 15 is 0 Å². The van der Waals surface area contributed by atoms with Crippen LogP contribution in [0.1, 0.15) is 25.3 Å². The van der Waals surface area contributed by atoms with Gasteiger partial charge in [0.05, 0.1) is 6.54 Å². The van der Waals surface area contributed by atoms with Gasteiger partial charge in [-0.1, -0.05) is 30.3 Å². The van der Waals surface area contributed by atoms with Crippen LogP contribution in [0.2, 0.25) is 0 Å². The lowest BCUT2D eigenvalue weighted by Crippen LogP contribution is -2.38. The van der Waals surface area contributed by atoms with Gasteiger partial charge in [0.2, 0.25) is 5.91 Å². The first-order valence-electron chi connectivity index (χ1n) is 6.10. The second-order valence-electron chi connectivity index (χ2n) is 4.51. The number of hydrogen-bond donors (Lipinski definition) is 2. The molecule has 0 saturated carbocycles. The van der Waals surface area contributed by atoms with E-state index in [1.54, 1.807) is 14.0 Å². The molecule has 0 aromatic heterocycles. The number of methoxy groups -OCH3 is 1. The van der Waals surface area contributed by atoms with Crippen molar-refractivity contribution in [2.45, 2.75) is 25.4 Å². The van der Waals surface area contributed by atoms with Crippen LogP contribution in [-0.2, 0) is 15.1 Å². The molecule has 0 saturated heterocycles. The molecule has 0 aliphatic rings. The van der Waals surface area contributed by atoms with E-state index in [0.29, 0.717) is 19.4 Å². The number of carbonyl (C=O) groups excluding carboxylic acids is 1. The molecule has 0 radical (unpaired) electrons. The fourth-order valence-corrected chi connectivity index (χ4v) is 1.64. The molecule has 1 atom stereocenters. The molecule has 18 heavy (non-hydrogen) atoms. The summed E-state index contributed by atoms with van der Waals surface area (Å²) in [5, 5.41) is 13.0. The van der Waals surface area contributed by atoms with Gasteiger partial charge >= 0.3 is 0 Å². The zero-order valence-corrected chi connectivity index (χ0v) is 11.0. The maximum absolute atomic E-state index is 11.5. The Kier molecular flexibility index (Phi) is 5.82. The Morgan fingerprint density at radius 2 is 2.06 bits per heavy atom. The normalized spacial score (nSPS) is 13.9. The molecule has 1 aromatic rings. The van der Waals surface area contributed by atoms with Crippen molar-refractivity contribution in [3.63, 3.8) is 0 Å². The summed E-state index contributed by atoms with van der Waals surface area (Å²) in [4.78, 5) is 11.5. The molecule has 4 heteroatoms. The van der Waals surface area contributed by atoms with E-state index in [2.05, 4.69) is 5.32 Å². The van der Waals surface area contributed by atoms with Gasteiger partial charge in [-0.2, -0.15) is 0 Å². The SMILES string of the molecule is COCCCC(=O)NCC(C)(O)c1ccccc1. The van der Waals surface area contributed by atoms with Crippen molar-refractivity contribution in [1.82, 2.24) is 5.32 Å². The van der Waals surface area contributed by atoms with E-state index in [-0.39, 0.29) is 12.5 Å². The Labute approximate surface area is 108 Å². The largest absolute Gasteiger partial charge is 0.385 e. The molecule has 1 aromatic carbocycles. The van der Waals surface area contributed by atoms with Crippen molar-refractivity contribution in [2.75, 3.05) is 20.3 Å². The van der Waals surface area contributed by atoms with Crippen LogP contribution in [0.4, 0.5) is 0 Å². The standard InChI is InChI=1S/C14H21NO3/c1-14(17,12-7-4-3-5-8-12)11-15-13(16)9-6-10-18-2/h3-5,7-8,17H,6,9-11H2,1-2H3,(H,15,16). The third-order valence-electron chi connectivity index (χ3n) is 2.78. The van der Waals surface area contributed by atoms with Crippen LogP contribution in [0.5, 0.6) is 0 Å². The summed E-state index contributed by atoms with van der Waals surface area (Å²) in [7, 11) is 1.61. The highest BCUT2D eigenvalue weighted by molar-refractivity contribution is 5.75. The van der Waals surface area contributed by atoms with Crippen LogP contribution in [0.15, 0.2) is 30.3 Å². The van der Waals surface area contributed by atoms with Crippen LogP contribution in [-0.4, -0.2) is 31.3 Å². The average molecular weight is 251 g/mol. The summed E-state index contributed by atoms with van der Waals surface area (Å²) in [6.07, 6.45) is 1.11. The quantitative estimate of drug-likeness (QED) is 0.721. The summed E-state index contributed by atoms with van der Waals surface area (Å²) in [5.41, 5.74) is -0.250. The van der Waals surface area contributed by atoms with Crippen molar-refractivity contribution in [1.29, 1.82) is 0 Å². The maximum atomic E-state index is 11.5. The van der Waals surface area contributed by atoms with Crippen molar-refractivity contribution < 1.29 is 14.6 Å². The lowest BCUT2D eigenvalue weighted by atomic mass is 9.96. The Balaban J connectivity index is 2.40. The minimum absolute atomic E-state index is 0.0664. The summed E-state index contributed by atoms with van der Waals surface area (Å²) in [6, 6.07) is 9.31. The van der Waals surface area contributed by atoms with Gasteiger partial charge in [0.25, 0.3) is 0 Å². The average Bonchev–Trinajstić information content (AvgIpc) is 2.38. The predicted octanol–water partition coefficient (Wildman–Crippen LogP) is 1.44. The van der Waals surface area contributed by atoms with Gasteiger partial charge in [-0.3, -0.25) is 4.79 Å². The van der Waals surface area contributed by atoms with Crippen molar-refractivity contribution >= 4 is 5.91 Å². The zero-order chi connectivity index (χ0) is 13.4. The van der Waals surface area contributed by atoms with E-state index in [1.165, 1.54) is 0 Å². The fourth-order valence-electron chi connectivity index (χ4n) is 1.64. The molecule has 0 spiro atoms. The van der Waals surface area contributed by atoms with Crippen molar-refractivity contribution in [3.8, 4) is 0 Å². The molecule has 1 unspecified atom stereocenters. The van der Waals surface area contributed by atoms with Gasteiger partial charge in [0, 0.05) is 20.1 Å². The lowest BCUT2D eigenvalue weighted by Gasteiger charge is -2.24. The Bertz CT molecular complexity index is 363. The summed E-state index contributed by atoms with van der Waals surface area (Å²) in [6.45, 7) is 2.48. The second-order valence-corrected chi connectivity index (χ2v) is 4.51. The summed E-state index contributed by atoms with van der Waals surface area (Å²) in [5.74, 6) is -0.0664. The van der Waals surface area contributed by atoms with Gasteiger partial charge in [-0.25, -0.2) is 0 Å². The topological polar surface area (TPSA) is 58.6 Å². The van der Waals surface area contributed by atoms with E-state index < -0.39 is 5.60 Å². The molecular weight excluding hydrogens is 230 g/mol. The smallest absolute Gasteiger partial charge is 0.220 e. The molecule has 0 aliphatic heterocycles. The minimum atomic E-state index is -1.04. The number of aliphatic hydroxyl groups is 1. The Morgan fingerprint density at radius 1 is 1.39 bits per heavy atom. The molecule has 0 fully saturated rings. The van der Waals surface area contributed by atoms with Crippen LogP contribution >= 0.6 is 0 Å². The number of amides is 1. The van der Waals surface area contributed by atoms with Gasteiger partial charge in [0.1, 0.15) is 5.60 Å². The molecule has 2 N–H and O–H groups in total. The van der Waals surface area contributed by atoms with Crippen LogP contribution < -0.4 is 5.32 Å². The first-order valence-corrected chi connectivity index (χ1v) is 6.10. The van der Waals surface area contributed by atoms with E-state index in [1.807, 2.05) is 30.3 Å². The lowest BCUT2D eigenvalue weighted by molar-refractivity contribution is -0.122. The van der Waals surface area contributed by atoms with Gasteiger partial charge in [-0.05, 0) is 18.9 Å². The fraction of sp³-hybridized carbons (Fsp3) is 0.500. The van der Waals surface area contributed by atoms with Gasteiger partial charge in [-0.15, -0.1) is 0 Å². The van der Waals surface area contributed by atoms with Crippen LogP contribution in [0, 0.1) is 0 Å². The van der Waals surface area contributed by atoms with E-state index in [9.17, 15) is 9.90 Å². The molecular formula is C14H21NO3. The third kappa shape index (κ3) is 4.85. The molecule has 4 nitrogen and oxygen atoms in total. The minimum Gasteiger partial charge on any atom is -0.385 e. The number of benzene rings is 1. The monoisotopic (exact) mass is 251 g/mol. The number of nitrogens with one attached hydrogen (secondary N) is 1. The van der Waals surface area contributed by atoms with Crippen molar-refractivity contribution in [2.24, 2.45) is 0 Å². The highest BCUT2D eigenvalue weighted by Gasteiger charge is 2.23. The van der Waals surface area contributed by atoms with Crippen LogP contribution in [0.3, 0.4) is 0 Å². The zero-order valence-electron chi connectivity index (χ0n) is 11.0. The van der Waals surface area contributed by atoms with Gasteiger partial charge < -0.3 is 15.2 Å². The number of ether oxygens (including phenoxy) is 1. The molecule has 0 heterocycles. The molecule has 1 rings (SSSR count). The molecule has 0 aliphatic carbocycles.